The second-order valence-corrected chi connectivity index (χ2v) is 4.77. The van der Waals surface area contributed by atoms with Gasteiger partial charge in [-0.05, 0) is 19.8 Å². The topological polar surface area (TPSA) is 66.8 Å². The lowest BCUT2D eigenvalue weighted by Crippen LogP contribution is -2.39. The van der Waals surface area contributed by atoms with Gasteiger partial charge in [-0.3, -0.25) is 14.5 Å². The van der Waals surface area contributed by atoms with Gasteiger partial charge < -0.3 is 9.84 Å². The minimum Gasteiger partial charge on any atom is -0.481 e. The Labute approximate surface area is 102 Å². The summed E-state index contributed by atoms with van der Waals surface area (Å²) in [5.41, 5.74) is 0. The summed E-state index contributed by atoms with van der Waals surface area (Å²) in [5.74, 6) is -1.23. The highest BCUT2D eigenvalue weighted by molar-refractivity contribution is 5.77. The molecule has 0 bridgehead atoms. The van der Waals surface area contributed by atoms with Crippen molar-refractivity contribution in [3.8, 4) is 0 Å². The molecule has 1 fully saturated rings. The summed E-state index contributed by atoms with van der Waals surface area (Å²) in [7, 11) is 0. The average molecular weight is 243 g/mol. The lowest BCUT2D eigenvalue weighted by atomic mass is 10.1. The molecule has 2 atom stereocenters. The van der Waals surface area contributed by atoms with Crippen LogP contribution in [0, 0.1) is 5.92 Å². The zero-order chi connectivity index (χ0) is 12.8. The maximum atomic E-state index is 11.1. The van der Waals surface area contributed by atoms with Gasteiger partial charge in [0.25, 0.3) is 0 Å². The van der Waals surface area contributed by atoms with E-state index in [1.165, 1.54) is 6.92 Å². The number of hydrogen-bond acceptors (Lipinski definition) is 4. The maximum absolute atomic E-state index is 11.1. The number of ketones is 1. The smallest absolute Gasteiger partial charge is 0.307 e. The summed E-state index contributed by atoms with van der Waals surface area (Å²) in [4.78, 5) is 23.9. The van der Waals surface area contributed by atoms with Crippen molar-refractivity contribution in [2.24, 2.45) is 5.92 Å². The zero-order valence-electron chi connectivity index (χ0n) is 10.5. The van der Waals surface area contributed by atoms with E-state index < -0.39 is 11.9 Å². The number of carbonyl (C=O) groups is 2. The van der Waals surface area contributed by atoms with Gasteiger partial charge in [0.05, 0.1) is 18.6 Å². The normalized spacial score (nSPS) is 21.7. The molecule has 98 valence electrons. The molecule has 2 unspecified atom stereocenters. The Morgan fingerprint density at radius 1 is 1.53 bits per heavy atom. The van der Waals surface area contributed by atoms with E-state index in [-0.39, 0.29) is 11.9 Å². The van der Waals surface area contributed by atoms with Gasteiger partial charge in [0.15, 0.2) is 0 Å². The highest BCUT2D eigenvalue weighted by Gasteiger charge is 2.23. The van der Waals surface area contributed by atoms with Crippen LogP contribution in [0.3, 0.4) is 0 Å². The van der Waals surface area contributed by atoms with Gasteiger partial charge >= 0.3 is 5.97 Å². The van der Waals surface area contributed by atoms with Crippen molar-refractivity contribution in [3.05, 3.63) is 0 Å². The number of carbonyl (C=O) groups excluding carboxylic acids is 1. The second kappa shape index (κ2) is 6.71. The number of aliphatic carboxylic acids is 1. The van der Waals surface area contributed by atoms with Crippen LogP contribution in [0.15, 0.2) is 0 Å². The molecular weight excluding hydrogens is 222 g/mol. The predicted molar refractivity (Wildman–Crippen MR) is 62.9 cm³/mol. The summed E-state index contributed by atoms with van der Waals surface area (Å²) < 4.78 is 5.51. The standard InChI is InChI=1S/C12H21NO4/c1-9(12(15)16)6-13(7-10(2)14)8-11-4-3-5-17-11/h9,11H,3-8H2,1-2H3,(H,15,16). The van der Waals surface area contributed by atoms with Gasteiger partial charge in [0.1, 0.15) is 5.78 Å². The Morgan fingerprint density at radius 3 is 2.71 bits per heavy atom. The molecular formula is C12H21NO4. The first kappa shape index (κ1) is 14.1. The molecule has 0 radical (unpaired) electrons. The minimum atomic E-state index is -0.828. The van der Waals surface area contributed by atoms with Crippen LogP contribution in [0.5, 0.6) is 0 Å². The molecule has 0 aromatic rings. The number of hydrogen-bond donors (Lipinski definition) is 1. The molecule has 1 aliphatic rings. The van der Waals surface area contributed by atoms with Crippen molar-refractivity contribution in [2.45, 2.75) is 32.8 Å². The number of carboxylic acids is 1. The quantitative estimate of drug-likeness (QED) is 0.715. The van der Waals surface area contributed by atoms with E-state index in [4.69, 9.17) is 9.84 Å². The van der Waals surface area contributed by atoms with Crippen LogP contribution in [-0.2, 0) is 14.3 Å². The predicted octanol–water partition coefficient (Wildman–Crippen LogP) is 0.777. The first-order valence-corrected chi connectivity index (χ1v) is 6.05. The maximum Gasteiger partial charge on any atom is 0.307 e. The van der Waals surface area contributed by atoms with E-state index in [2.05, 4.69) is 0 Å². The summed E-state index contributed by atoms with van der Waals surface area (Å²) in [6.45, 7) is 5.30. The second-order valence-electron chi connectivity index (χ2n) is 4.77. The Bertz CT molecular complexity index is 274. The van der Waals surface area contributed by atoms with Gasteiger partial charge in [0.2, 0.25) is 0 Å². The van der Waals surface area contributed by atoms with Crippen LogP contribution in [0.4, 0.5) is 0 Å². The van der Waals surface area contributed by atoms with Crippen molar-refractivity contribution in [2.75, 3.05) is 26.2 Å². The van der Waals surface area contributed by atoms with Crippen LogP contribution in [0.1, 0.15) is 26.7 Å². The third kappa shape index (κ3) is 5.28. The lowest BCUT2D eigenvalue weighted by molar-refractivity contribution is -0.142. The van der Waals surface area contributed by atoms with E-state index in [0.717, 1.165) is 19.4 Å². The van der Waals surface area contributed by atoms with Crippen molar-refractivity contribution in [1.29, 1.82) is 0 Å². The van der Waals surface area contributed by atoms with Crippen LogP contribution < -0.4 is 0 Å². The van der Waals surface area contributed by atoms with Crippen LogP contribution >= 0.6 is 0 Å². The van der Waals surface area contributed by atoms with Gasteiger partial charge in [-0.2, -0.15) is 0 Å². The molecule has 5 heteroatoms. The molecule has 5 nitrogen and oxygen atoms in total. The van der Waals surface area contributed by atoms with Gasteiger partial charge in [-0.25, -0.2) is 0 Å². The van der Waals surface area contributed by atoms with Gasteiger partial charge in [-0.15, -0.1) is 0 Å². The largest absolute Gasteiger partial charge is 0.481 e. The molecule has 0 amide bonds. The highest BCUT2D eigenvalue weighted by atomic mass is 16.5. The Kier molecular flexibility index (Phi) is 5.58. The highest BCUT2D eigenvalue weighted by Crippen LogP contribution is 2.14. The summed E-state index contributed by atoms with van der Waals surface area (Å²) in [6, 6.07) is 0. The number of ether oxygens (including phenoxy) is 1. The Balaban J connectivity index is 2.46. The molecule has 0 aliphatic carbocycles. The van der Waals surface area contributed by atoms with Crippen molar-refractivity contribution < 1.29 is 19.4 Å². The van der Waals surface area contributed by atoms with Gasteiger partial charge in [0, 0.05) is 19.7 Å². The Hall–Kier alpha value is -0.940. The molecule has 0 aromatic heterocycles. The summed E-state index contributed by atoms with van der Waals surface area (Å²) in [5, 5.41) is 8.88. The molecule has 0 aromatic carbocycles. The van der Waals surface area contributed by atoms with Crippen molar-refractivity contribution >= 4 is 11.8 Å². The fourth-order valence-electron chi connectivity index (χ4n) is 2.06. The number of carboxylic acid groups (broad SMARTS) is 1. The number of Topliss-reactive ketones (excluding diaryl/α,β-unsaturated/α-hetero) is 1. The molecule has 17 heavy (non-hydrogen) atoms. The summed E-state index contributed by atoms with van der Waals surface area (Å²) in [6.07, 6.45) is 2.19. The molecule has 1 aliphatic heterocycles. The third-order valence-electron chi connectivity index (χ3n) is 2.89. The molecule has 0 spiro atoms. The van der Waals surface area contributed by atoms with Gasteiger partial charge in [-0.1, -0.05) is 6.92 Å². The molecule has 1 N–H and O–H groups in total. The first-order valence-electron chi connectivity index (χ1n) is 6.05. The number of nitrogens with zero attached hydrogens (tertiary/aromatic N) is 1. The van der Waals surface area contributed by atoms with E-state index in [0.29, 0.717) is 19.6 Å². The molecule has 0 saturated carbocycles. The molecule has 1 saturated heterocycles. The van der Waals surface area contributed by atoms with Crippen molar-refractivity contribution in [1.82, 2.24) is 4.90 Å². The third-order valence-corrected chi connectivity index (χ3v) is 2.89. The monoisotopic (exact) mass is 243 g/mol. The Morgan fingerprint density at radius 2 is 2.24 bits per heavy atom. The minimum absolute atomic E-state index is 0.0561. The lowest BCUT2D eigenvalue weighted by Gasteiger charge is -2.25. The van der Waals surface area contributed by atoms with E-state index >= 15 is 0 Å². The summed E-state index contributed by atoms with van der Waals surface area (Å²) >= 11 is 0. The fourth-order valence-corrected chi connectivity index (χ4v) is 2.06. The first-order chi connectivity index (χ1) is 7.99. The van der Waals surface area contributed by atoms with E-state index in [1.807, 2.05) is 4.90 Å². The molecule has 1 rings (SSSR count). The average Bonchev–Trinajstić information content (AvgIpc) is 2.68. The van der Waals surface area contributed by atoms with Crippen molar-refractivity contribution in [3.63, 3.8) is 0 Å². The fraction of sp³-hybridized carbons (Fsp3) is 0.833. The molecule has 1 heterocycles. The van der Waals surface area contributed by atoms with Crippen LogP contribution in [0.2, 0.25) is 0 Å². The van der Waals surface area contributed by atoms with Crippen LogP contribution in [-0.4, -0.2) is 54.1 Å². The SMILES string of the molecule is CC(=O)CN(CC1CCCO1)CC(C)C(=O)O. The number of rotatable bonds is 7. The zero-order valence-corrected chi connectivity index (χ0v) is 10.5. The van der Waals surface area contributed by atoms with Crippen LogP contribution in [0.25, 0.3) is 0 Å². The van der Waals surface area contributed by atoms with E-state index in [9.17, 15) is 9.59 Å². The van der Waals surface area contributed by atoms with E-state index in [1.54, 1.807) is 6.92 Å².